The third-order valence-corrected chi connectivity index (χ3v) is 6.06. The molecule has 0 saturated heterocycles. The average molecular weight is 517 g/mol. The lowest BCUT2D eigenvalue weighted by molar-refractivity contribution is -0.128. The minimum Gasteiger partial charge on any atom is -0.445 e. The summed E-state index contributed by atoms with van der Waals surface area (Å²) in [4.78, 5) is 49.5. The molecule has 2 rings (SSSR count). The van der Waals surface area contributed by atoms with Crippen LogP contribution in [0.1, 0.15) is 25.0 Å². The first-order valence-corrected chi connectivity index (χ1v) is 12.5. The van der Waals surface area contributed by atoms with Crippen LogP contribution in [0.5, 0.6) is 0 Å². The van der Waals surface area contributed by atoms with Crippen molar-refractivity contribution >= 4 is 41.3 Å². The lowest BCUT2D eigenvalue weighted by atomic mass is 10.0. The molecule has 2 aromatic carbocycles. The molecule has 0 spiro atoms. The maximum atomic E-state index is 13.1. The number of carbonyl (C=O) groups excluding carboxylic acids is 4. The number of thioether (sulfide) groups is 1. The highest BCUT2D eigenvalue weighted by atomic mass is 32.2. The van der Waals surface area contributed by atoms with Crippen molar-refractivity contribution < 1.29 is 29.0 Å². The van der Waals surface area contributed by atoms with Crippen molar-refractivity contribution in [3.8, 4) is 0 Å². The summed E-state index contributed by atoms with van der Waals surface area (Å²) in [5.74, 6) is -1.88. The van der Waals surface area contributed by atoms with Gasteiger partial charge in [-0.15, -0.1) is 11.8 Å². The van der Waals surface area contributed by atoms with Crippen LogP contribution in [0, 0.1) is 5.92 Å². The second kappa shape index (κ2) is 14.7. The van der Waals surface area contributed by atoms with Gasteiger partial charge in [0.2, 0.25) is 17.7 Å². The van der Waals surface area contributed by atoms with Gasteiger partial charge in [-0.1, -0.05) is 56.3 Å². The van der Waals surface area contributed by atoms with Crippen LogP contribution >= 0.6 is 11.8 Å². The number of amides is 4. The van der Waals surface area contributed by atoms with E-state index in [1.807, 2.05) is 30.3 Å². The Hall–Kier alpha value is -3.57. The van der Waals surface area contributed by atoms with Crippen LogP contribution in [0.3, 0.4) is 0 Å². The van der Waals surface area contributed by atoms with Crippen LogP contribution in [0.15, 0.2) is 54.6 Å². The fraction of sp³-hybridized carbons (Fsp3) is 0.360. The number of benzene rings is 2. The van der Waals surface area contributed by atoms with Crippen LogP contribution in [0.4, 0.5) is 10.5 Å². The van der Waals surface area contributed by atoms with Crippen molar-refractivity contribution in [2.24, 2.45) is 11.7 Å². The quantitative estimate of drug-likeness (QED) is 0.271. The van der Waals surface area contributed by atoms with E-state index in [0.717, 1.165) is 17.3 Å². The van der Waals surface area contributed by atoms with Gasteiger partial charge >= 0.3 is 6.09 Å². The van der Waals surface area contributed by atoms with Gasteiger partial charge in [0.25, 0.3) is 0 Å². The zero-order valence-electron chi connectivity index (χ0n) is 20.2. The summed E-state index contributed by atoms with van der Waals surface area (Å²) in [6, 6.07) is 13.7. The number of ether oxygens (including phenoxy) is 1. The summed E-state index contributed by atoms with van der Waals surface area (Å²) in [6.07, 6.45) is -0.763. The predicted molar refractivity (Wildman–Crippen MR) is 138 cm³/mol. The molecule has 0 aliphatic heterocycles. The standard InChI is InChI=1S/C25H32N4O6S/c1-16(2)22(29-25(34)35-13-18-6-4-3-5-7-18)24(33)28-20(14-36-15-21(26)31)23(32)27-19-10-8-17(12-30)9-11-19/h3-11,16,20,22,30H,12-15H2,1-2H3,(H2,26,31)(H,27,32)(H,28,33)(H,29,34)/t20-,22+/m1/s1. The number of aliphatic hydroxyl groups is 1. The number of alkyl carbamates (subject to hydrolysis) is 1. The van der Waals surface area contributed by atoms with Gasteiger partial charge in [-0.2, -0.15) is 0 Å². The van der Waals surface area contributed by atoms with E-state index in [4.69, 9.17) is 10.5 Å². The first-order chi connectivity index (χ1) is 17.2. The number of nitrogens with one attached hydrogen (secondary N) is 3. The smallest absolute Gasteiger partial charge is 0.408 e. The van der Waals surface area contributed by atoms with Gasteiger partial charge < -0.3 is 31.5 Å². The van der Waals surface area contributed by atoms with Gasteiger partial charge in [0, 0.05) is 11.4 Å². The molecule has 0 aliphatic carbocycles. The molecule has 6 N–H and O–H groups in total. The molecule has 11 heteroatoms. The van der Waals surface area contributed by atoms with E-state index in [0.29, 0.717) is 11.3 Å². The van der Waals surface area contributed by atoms with Crippen LogP contribution in [-0.4, -0.2) is 52.5 Å². The molecule has 0 fully saturated rings. The van der Waals surface area contributed by atoms with E-state index in [-0.39, 0.29) is 30.6 Å². The topological polar surface area (TPSA) is 160 Å². The Balaban J connectivity index is 2.04. The lowest BCUT2D eigenvalue weighted by Crippen LogP contribution is -2.55. The molecule has 0 unspecified atom stereocenters. The maximum absolute atomic E-state index is 13.1. The Labute approximate surface area is 214 Å². The lowest BCUT2D eigenvalue weighted by Gasteiger charge is -2.25. The van der Waals surface area contributed by atoms with Gasteiger partial charge in [-0.05, 0) is 29.2 Å². The number of anilines is 1. The fourth-order valence-corrected chi connectivity index (χ4v) is 3.86. The Morgan fingerprint density at radius 2 is 1.61 bits per heavy atom. The molecule has 0 aromatic heterocycles. The van der Waals surface area contributed by atoms with E-state index in [2.05, 4.69) is 16.0 Å². The molecule has 0 saturated carbocycles. The van der Waals surface area contributed by atoms with Crippen LogP contribution < -0.4 is 21.7 Å². The van der Waals surface area contributed by atoms with Crippen LogP contribution in [-0.2, 0) is 32.3 Å². The van der Waals surface area contributed by atoms with E-state index < -0.39 is 35.9 Å². The fourth-order valence-electron chi connectivity index (χ4n) is 3.07. The Morgan fingerprint density at radius 3 is 2.19 bits per heavy atom. The normalized spacial score (nSPS) is 12.3. The van der Waals surface area contributed by atoms with Gasteiger partial charge in [-0.3, -0.25) is 14.4 Å². The maximum Gasteiger partial charge on any atom is 0.408 e. The number of carbonyl (C=O) groups is 4. The highest BCUT2D eigenvalue weighted by Gasteiger charge is 2.29. The first-order valence-electron chi connectivity index (χ1n) is 11.3. The first kappa shape index (κ1) is 28.7. The Morgan fingerprint density at radius 1 is 0.944 bits per heavy atom. The zero-order chi connectivity index (χ0) is 26.5. The molecular formula is C25H32N4O6S. The molecule has 36 heavy (non-hydrogen) atoms. The highest BCUT2D eigenvalue weighted by molar-refractivity contribution is 8.00. The molecule has 0 heterocycles. The molecule has 194 valence electrons. The number of aliphatic hydroxyl groups excluding tert-OH is 1. The largest absolute Gasteiger partial charge is 0.445 e. The van der Waals surface area contributed by atoms with E-state index in [9.17, 15) is 24.3 Å². The highest BCUT2D eigenvalue weighted by Crippen LogP contribution is 2.12. The molecule has 2 atom stereocenters. The monoisotopic (exact) mass is 516 g/mol. The average Bonchev–Trinajstić information content (AvgIpc) is 2.86. The molecular weight excluding hydrogens is 484 g/mol. The third-order valence-electron chi connectivity index (χ3n) is 5.00. The summed E-state index contributed by atoms with van der Waals surface area (Å²) >= 11 is 1.10. The molecule has 4 amide bonds. The minimum atomic E-state index is -1.01. The van der Waals surface area contributed by atoms with Crippen molar-refractivity contribution in [1.82, 2.24) is 10.6 Å². The number of nitrogens with two attached hydrogens (primary N) is 1. The van der Waals surface area contributed by atoms with Gasteiger partial charge in [0.1, 0.15) is 18.7 Å². The zero-order valence-corrected chi connectivity index (χ0v) is 21.0. The number of hydrogen-bond donors (Lipinski definition) is 5. The van der Waals surface area contributed by atoms with Gasteiger partial charge in [-0.25, -0.2) is 4.79 Å². The second-order valence-corrected chi connectivity index (χ2v) is 9.34. The Bertz CT molecular complexity index is 1020. The summed E-state index contributed by atoms with van der Waals surface area (Å²) in [5, 5.41) is 17.1. The summed E-state index contributed by atoms with van der Waals surface area (Å²) in [6.45, 7) is 3.42. The number of primary amides is 1. The van der Waals surface area contributed by atoms with E-state index in [1.54, 1.807) is 38.1 Å². The minimum absolute atomic E-state index is 0.0253. The number of hydrogen-bond acceptors (Lipinski definition) is 7. The van der Waals surface area contributed by atoms with Crippen LogP contribution in [0.25, 0.3) is 0 Å². The summed E-state index contributed by atoms with van der Waals surface area (Å²) in [5.41, 5.74) is 7.14. The van der Waals surface area contributed by atoms with Crippen molar-refractivity contribution in [2.45, 2.75) is 39.1 Å². The third kappa shape index (κ3) is 9.96. The molecule has 0 bridgehead atoms. The van der Waals surface area contributed by atoms with E-state index >= 15 is 0 Å². The summed E-state index contributed by atoms with van der Waals surface area (Å²) < 4.78 is 5.22. The van der Waals surface area contributed by atoms with Gasteiger partial charge in [0.15, 0.2) is 0 Å². The molecule has 0 aliphatic rings. The molecule has 10 nitrogen and oxygen atoms in total. The van der Waals surface area contributed by atoms with Crippen molar-refractivity contribution in [2.75, 3.05) is 16.8 Å². The van der Waals surface area contributed by atoms with Gasteiger partial charge in [0.05, 0.1) is 12.4 Å². The van der Waals surface area contributed by atoms with Crippen LogP contribution in [0.2, 0.25) is 0 Å². The van der Waals surface area contributed by atoms with Crippen molar-refractivity contribution in [3.05, 3.63) is 65.7 Å². The summed E-state index contributed by atoms with van der Waals surface area (Å²) in [7, 11) is 0. The molecule has 2 aromatic rings. The van der Waals surface area contributed by atoms with Crippen molar-refractivity contribution in [3.63, 3.8) is 0 Å². The second-order valence-electron chi connectivity index (χ2n) is 8.31. The Kier molecular flexibility index (Phi) is 11.7. The van der Waals surface area contributed by atoms with Crippen molar-refractivity contribution in [1.29, 1.82) is 0 Å². The van der Waals surface area contributed by atoms with E-state index in [1.165, 1.54) is 0 Å². The molecule has 0 radical (unpaired) electrons. The SMILES string of the molecule is CC(C)[C@H](NC(=O)OCc1ccccc1)C(=O)N[C@H](CSCC(N)=O)C(=O)Nc1ccc(CO)cc1. The predicted octanol–water partition coefficient (Wildman–Crippen LogP) is 1.77. The number of rotatable bonds is 13.